The molecule has 0 spiro atoms. The van der Waals surface area contributed by atoms with Gasteiger partial charge in [0, 0.05) is 11.4 Å². The van der Waals surface area contributed by atoms with E-state index >= 15 is 0 Å². The third-order valence-electron chi connectivity index (χ3n) is 1.34. The first-order valence-electron chi connectivity index (χ1n) is 3.56. The van der Waals surface area contributed by atoms with E-state index in [9.17, 15) is 4.79 Å². The van der Waals surface area contributed by atoms with E-state index in [1.54, 1.807) is 6.07 Å². The van der Waals surface area contributed by atoms with Gasteiger partial charge in [-0.15, -0.1) is 11.3 Å². The molecule has 0 aromatic carbocycles. The first-order chi connectivity index (χ1) is 5.59. The van der Waals surface area contributed by atoms with Crippen LogP contribution in [0, 0.1) is 0 Å². The van der Waals surface area contributed by atoms with Gasteiger partial charge in [0.1, 0.15) is 4.88 Å². The Labute approximate surface area is 75.2 Å². The summed E-state index contributed by atoms with van der Waals surface area (Å²) >= 11 is 1.33. The zero-order valence-corrected chi connectivity index (χ0v) is 7.89. The molecule has 0 unspecified atom stereocenters. The van der Waals surface area contributed by atoms with Crippen molar-refractivity contribution < 1.29 is 9.90 Å². The molecule has 3 nitrogen and oxygen atoms in total. The highest BCUT2D eigenvalue weighted by molar-refractivity contribution is 7.13. The second-order valence-corrected chi connectivity index (χ2v) is 3.98. The van der Waals surface area contributed by atoms with Crippen LogP contribution in [0.2, 0.25) is 0 Å². The Bertz CT molecular complexity index is 280. The molecule has 1 heterocycles. The van der Waals surface area contributed by atoms with E-state index < -0.39 is 5.97 Å². The van der Waals surface area contributed by atoms with Gasteiger partial charge >= 0.3 is 5.97 Å². The van der Waals surface area contributed by atoms with Crippen LogP contribution in [0.25, 0.3) is 0 Å². The van der Waals surface area contributed by atoms with Crippen molar-refractivity contribution in [3.05, 3.63) is 21.9 Å². The van der Waals surface area contributed by atoms with Gasteiger partial charge in [-0.3, -0.25) is 0 Å². The van der Waals surface area contributed by atoms with Gasteiger partial charge in [0.25, 0.3) is 0 Å². The van der Waals surface area contributed by atoms with Gasteiger partial charge < -0.3 is 10.0 Å². The largest absolute Gasteiger partial charge is 0.477 e. The van der Waals surface area contributed by atoms with Crippen LogP contribution in [0.5, 0.6) is 0 Å². The molecular weight excluding hydrogens is 174 g/mol. The SMILES string of the molecule is CN(C)Cc1ccc(C(=O)O)s1. The summed E-state index contributed by atoms with van der Waals surface area (Å²) in [5.41, 5.74) is 0. The van der Waals surface area contributed by atoms with E-state index in [0.29, 0.717) is 4.88 Å². The van der Waals surface area contributed by atoms with Crippen molar-refractivity contribution in [1.82, 2.24) is 4.90 Å². The van der Waals surface area contributed by atoms with Crippen molar-refractivity contribution in [2.24, 2.45) is 0 Å². The number of rotatable bonds is 3. The van der Waals surface area contributed by atoms with Crippen molar-refractivity contribution in [3.63, 3.8) is 0 Å². The summed E-state index contributed by atoms with van der Waals surface area (Å²) in [5.74, 6) is -0.843. The van der Waals surface area contributed by atoms with Crippen molar-refractivity contribution in [3.8, 4) is 0 Å². The fourth-order valence-corrected chi connectivity index (χ4v) is 1.85. The Balaban J connectivity index is 2.71. The average molecular weight is 185 g/mol. The molecule has 1 aromatic rings. The number of hydrogen-bond donors (Lipinski definition) is 1. The van der Waals surface area contributed by atoms with E-state index in [2.05, 4.69) is 0 Å². The summed E-state index contributed by atoms with van der Waals surface area (Å²) in [6.45, 7) is 0.804. The highest BCUT2D eigenvalue weighted by Gasteiger charge is 2.06. The number of nitrogens with zero attached hydrogens (tertiary/aromatic N) is 1. The summed E-state index contributed by atoms with van der Waals surface area (Å²) in [6, 6.07) is 3.50. The number of carboxylic acids is 1. The number of aromatic carboxylic acids is 1. The van der Waals surface area contributed by atoms with E-state index in [0.717, 1.165) is 11.4 Å². The van der Waals surface area contributed by atoms with Crippen LogP contribution in [-0.2, 0) is 6.54 Å². The zero-order valence-electron chi connectivity index (χ0n) is 7.07. The second kappa shape index (κ2) is 3.69. The van der Waals surface area contributed by atoms with Crippen LogP contribution < -0.4 is 0 Å². The summed E-state index contributed by atoms with van der Waals surface area (Å²) in [7, 11) is 3.92. The minimum atomic E-state index is -0.843. The first kappa shape index (κ1) is 9.22. The molecule has 0 bridgehead atoms. The lowest BCUT2D eigenvalue weighted by Gasteiger charge is -2.05. The van der Waals surface area contributed by atoms with Gasteiger partial charge in [-0.1, -0.05) is 0 Å². The number of carbonyl (C=O) groups is 1. The molecule has 0 radical (unpaired) electrons. The maximum atomic E-state index is 10.5. The van der Waals surface area contributed by atoms with Gasteiger partial charge in [0.2, 0.25) is 0 Å². The van der Waals surface area contributed by atoms with Crippen LogP contribution in [0.1, 0.15) is 14.5 Å². The molecule has 66 valence electrons. The lowest BCUT2D eigenvalue weighted by molar-refractivity contribution is 0.0702. The molecule has 0 aliphatic rings. The lowest BCUT2D eigenvalue weighted by Crippen LogP contribution is -2.09. The van der Waals surface area contributed by atoms with Gasteiger partial charge in [0.05, 0.1) is 0 Å². The Hall–Kier alpha value is -0.870. The Kier molecular flexibility index (Phi) is 2.83. The molecule has 12 heavy (non-hydrogen) atoms. The van der Waals surface area contributed by atoms with Crippen molar-refractivity contribution in [2.45, 2.75) is 6.54 Å². The lowest BCUT2D eigenvalue weighted by atomic mass is 10.4. The third kappa shape index (κ3) is 2.32. The Morgan fingerprint density at radius 3 is 2.67 bits per heavy atom. The topological polar surface area (TPSA) is 40.5 Å². The molecule has 0 aliphatic carbocycles. The molecule has 0 amide bonds. The monoisotopic (exact) mass is 185 g/mol. The van der Waals surface area contributed by atoms with E-state index in [1.807, 2.05) is 25.1 Å². The van der Waals surface area contributed by atoms with Crippen molar-refractivity contribution >= 4 is 17.3 Å². The molecule has 1 N–H and O–H groups in total. The fourth-order valence-electron chi connectivity index (χ4n) is 0.890. The van der Waals surface area contributed by atoms with Crippen LogP contribution in [0.15, 0.2) is 12.1 Å². The van der Waals surface area contributed by atoms with Gasteiger partial charge in [0.15, 0.2) is 0 Å². The quantitative estimate of drug-likeness (QED) is 0.776. The maximum Gasteiger partial charge on any atom is 0.345 e. The van der Waals surface area contributed by atoms with E-state index in [1.165, 1.54) is 11.3 Å². The molecule has 0 aliphatic heterocycles. The summed E-state index contributed by atoms with van der Waals surface area (Å²) in [4.78, 5) is 14.0. The molecule has 1 aromatic heterocycles. The van der Waals surface area contributed by atoms with Crippen molar-refractivity contribution in [1.29, 1.82) is 0 Å². The molecular formula is C8H11NO2S. The van der Waals surface area contributed by atoms with E-state index in [4.69, 9.17) is 5.11 Å². The summed E-state index contributed by atoms with van der Waals surface area (Å²) < 4.78 is 0. The fraction of sp³-hybridized carbons (Fsp3) is 0.375. The van der Waals surface area contributed by atoms with Gasteiger partial charge in [-0.2, -0.15) is 0 Å². The highest BCUT2D eigenvalue weighted by Crippen LogP contribution is 2.17. The van der Waals surface area contributed by atoms with Crippen LogP contribution >= 0.6 is 11.3 Å². The first-order valence-corrected chi connectivity index (χ1v) is 4.38. The minimum Gasteiger partial charge on any atom is -0.477 e. The molecule has 0 atom stereocenters. The third-order valence-corrected chi connectivity index (χ3v) is 2.40. The minimum absolute atomic E-state index is 0.409. The van der Waals surface area contributed by atoms with Crippen LogP contribution in [0.4, 0.5) is 0 Å². The van der Waals surface area contributed by atoms with Gasteiger partial charge in [-0.25, -0.2) is 4.79 Å². The average Bonchev–Trinajstić information content (AvgIpc) is 2.34. The molecule has 0 fully saturated rings. The molecule has 1 rings (SSSR count). The highest BCUT2D eigenvalue weighted by atomic mass is 32.1. The Morgan fingerprint density at radius 2 is 2.25 bits per heavy atom. The van der Waals surface area contributed by atoms with E-state index in [-0.39, 0.29) is 0 Å². The van der Waals surface area contributed by atoms with Crippen molar-refractivity contribution in [2.75, 3.05) is 14.1 Å². The Morgan fingerprint density at radius 1 is 1.58 bits per heavy atom. The number of hydrogen-bond acceptors (Lipinski definition) is 3. The van der Waals surface area contributed by atoms with Gasteiger partial charge in [-0.05, 0) is 26.2 Å². The zero-order chi connectivity index (χ0) is 9.14. The molecule has 4 heteroatoms. The predicted octanol–water partition coefficient (Wildman–Crippen LogP) is 1.51. The predicted molar refractivity (Wildman–Crippen MR) is 48.7 cm³/mol. The maximum absolute atomic E-state index is 10.5. The summed E-state index contributed by atoms with van der Waals surface area (Å²) in [5, 5.41) is 8.63. The summed E-state index contributed by atoms with van der Waals surface area (Å²) in [6.07, 6.45) is 0. The normalized spacial score (nSPS) is 10.6. The second-order valence-electron chi connectivity index (χ2n) is 2.81. The van der Waals surface area contributed by atoms with Crippen LogP contribution in [0.3, 0.4) is 0 Å². The number of carboxylic acid groups (broad SMARTS) is 1. The van der Waals surface area contributed by atoms with Crippen LogP contribution in [-0.4, -0.2) is 30.1 Å². The smallest absolute Gasteiger partial charge is 0.345 e. The molecule has 0 saturated carbocycles. The number of thiophene rings is 1. The standard InChI is InChI=1S/C8H11NO2S/c1-9(2)5-6-3-4-7(12-6)8(10)11/h3-4H,5H2,1-2H3,(H,10,11). The molecule has 0 saturated heterocycles.